The number of carboxylic acids is 1. The van der Waals surface area contributed by atoms with Crippen LogP contribution in [0.2, 0.25) is 0 Å². The fraction of sp³-hybridized carbons (Fsp3) is 0.417. The third kappa shape index (κ3) is 3.29. The number of rotatable bonds is 5. The average molecular weight is 274 g/mol. The van der Waals surface area contributed by atoms with Gasteiger partial charge in [-0.2, -0.15) is 0 Å². The third-order valence-corrected chi connectivity index (χ3v) is 5.11. The molecule has 0 aliphatic rings. The normalized spacial score (nSPS) is 13.3. The zero-order chi connectivity index (χ0) is 13.9. The molecule has 0 heterocycles. The molecule has 18 heavy (non-hydrogen) atoms. The highest BCUT2D eigenvalue weighted by Gasteiger charge is 2.22. The molecule has 100 valence electrons. The van der Waals surface area contributed by atoms with E-state index in [0.29, 0.717) is 6.42 Å². The van der Waals surface area contributed by atoms with Crippen LogP contribution in [0.15, 0.2) is 18.2 Å². The van der Waals surface area contributed by atoms with Crippen molar-refractivity contribution in [2.45, 2.75) is 31.3 Å². The van der Waals surface area contributed by atoms with Gasteiger partial charge in [-0.1, -0.05) is 6.92 Å². The van der Waals surface area contributed by atoms with E-state index in [-0.39, 0.29) is 11.1 Å². The molecule has 0 aliphatic heterocycles. The Bertz CT molecular complexity index is 551. The second-order valence-electron chi connectivity index (χ2n) is 4.14. The molecule has 0 radical (unpaired) electrons. The molecular formula is C12H15FO4S. The van der Waals surface area contributed by atoms with E-state index in [1.54, 1.807) is 13.8 Å². The molecule has 0 saturated heterocycles. The van der Waals surface area contributed by atoms with Crippen LogP contribution in [0.25, 0.3) is 0 Å². The average Bonchev–Trinajstić information content (AvgIpc) is 2.30. The number of benzene rings is 1. The van der Waals surface area contributed by atoms with Crippen LogP contribution < -0.4 is 0 Å². The molecule has 0 aliphatic carbocycles. The molecule has 1 atom stereocenters. The molecule has 4 nitrogen and oxygen atoms in total. The molecule has 0 saturated carbocycles. The third-order valence-electron chi connectivity index (χ3n) is 2.84. The summed E-state index contributed by atoms with van der Waals surface area (Å²) in [4.78, 5) is 10.7. The maximum atomic E-state index is 13.5. The number of hydrogen-bond donors (Lipinski definition) is 1. The quantitative estimate of drug-likeness (QED) is 0.893. The lowest BCUT2D eigenvalue weighted by Crippen LogP contribution is -2.19. The van der Waals surface area contributed by atoms with E-state index < -0.39 is 32.6 Å². The lowest BCUT2D eigenvalue weighted by Gasteiger charge is -2.11. The summed E-state index contributed by atoms with van der Waals surface area (Å²) in [7, 11) is -3.46. The predicted molar refractivity (Wildman–Crippen MR) is 65.7 cm³/mol. The van der Waals surface area contributed by atoms with Gasteiger partial charge in [0.05, 0.1) is 16.6 Å². The van der Waals surface area contributed by atoms with E-state index in [9.17, 15) is 17.6 Å². The fourth-order valence-electron chi connectivity index (χ4n) is 1.43. The highest BCUT2D eigenvalue weighted by atomic mass is 32.2. The number of hydrogen-bond acceptors (Lipinski definition) is 3. The SMILES string of the molecule is CCC(C)S(=O)(=O)Cc1cc(C(=O)O)ccc1F. The van der Waals surface area contributed by atoms with E-state index in [4.69, 9.17) is 5.11 Å². The van der Waals surface area contributed by atoms with Crippen LogP contribution >= 0.6 is 0 Å². The summed E-state index contributed by atoms with van der Waals surface area (Å²) in [6.45, 7) is 3.28. The van der Waals surface area contributed by atoms with Gasteiger partial charge in [0, 0.05) is 5.56 Å². The van der Waals surface area contributed by atoms with Gasteiger partial charge in [0.25, 0.3) is 0 Å². The van der Waals surface area contributed by atoms with Crippen LogP contribution in [0.5, 0.6) is 0 Å². The van der Waals surface area contributed by atoms with Gasteiger partial charge in [-0.25, -0.2) is 17.6 Å². The topological polar surface area (TPSA) is 71.4 Å². The first-order valence-corrected chi connectivity index (χ1v) is 7.22. The van der Waals surface area contributed by atoms with Crippen molar-refractivity contribution in [2.24, 2.45) is 0 Å². The summed E-state index contributed by atoms with van der Waals surface area (Å²) in [5.74, 6) is -2.39. The molecule has 0 amide bonds. The van der Waals surface area contributed by atoms with Crippen LogP contribution in [0.4, 0.5) is 4.39 Å². The highest BCUT2D eigenvalue weighted by molar-refractivity contribution is 7.91. The van der Waals surface area contributed by atoms with Gasteiger partial charge in [-0.15, -0.1) is 0 Å². The number of aromatic carboxylic acids is 1. The number of carbonyl (C=O) groups is 1. The van der Waals surface area contributed by atoms with Crippen LogP contribution in [0, 0.1) is 5.82 Å². The van der Waals surface area contributed by atoms with E-state index in [1.165, 1.54) is 0 Å². The Morgan fingerprint density at radius 1 is 1.44 bits per heavy atom. The lowest BCUT2D eigenvalue weighted by molar-refractivity contribution is 0.0696. The highest BCUT2D eigenvalue weighted by Crippen LogP contribution is 2.18. The van der Waals surface area contributed by atoms with E-state index in [0.717, 1.165) is 18.2 Å². The minimum absolute atomic E-state index is 0.102. The first-order chi connectivity index (χ1) is 8.27. The second kappa shape index (κ2) is 5.48. The zero-order valence-electron chi connectivity index (χ0n) is 10.2. The van der Waals surface area contributed by atoms with Gasteiger partial charge >= 0.3 is 5.97 Å². The van der Waals surface area contributed by atoms with E-state index in [1.807, 2.05) is 0 Å². The molecule has 0 aromatic heterocycles. The summed E-state index contributed by atoms with van der Waals surface area (Å²) < 4.78 is 37.2. The molecule has 6 heteroatoms. The Labute approximate surface area is 105 Å². The largest absolute Gasteiger partial charge is 0.478 e. The van der Waals surface area contributed by atoms with Crippen LogP contribution in [-0.2, 0) is 15.6 Å². The van der Waals surface area contributed by atoms with Crippen molar-refractivity contribution in [2.75, 3.05) is 0 Å². The van der Waals surface area contributed by atoms with Gasteiger partial charge in [0.2, 0.25) is 0 Å². The molecule has 1 unspecified atom stereocenters. The zero-order valence-corrected chi connectivity index (χ0v) is 11.0. The first kappa shape index (κ1) is 14.6. The minimum atomic E-state index is -3.46. The molecule has 1 N–H and O–H groups in total. The van der Waals surface area contributed by atoms with Crippen molar-refractivity contribution in [3.63, 3.8) is 0 Å². The van der Waals surface area contributed by atoms with Crippen molar-refractivity contribution in [1.29, 1.82) is 0 Å². The molecular weight excluding hydrogens is 259 g/mol. The van der Waals surface area contributed by atoms with Crippen molar-refractivity contribution in [1.82, 2.24) is 0 Å². The van der Waals surface area contributed by atoms with Gasteiger partial charge in [0.15, 0.2) is 9.84 Å². The predicted octanol–water partition coefficient (Wildman–Crippen LogP) is 2.24. The Morgan fingerprint density at radius 2 is 2.06 bits per heavy atom. The second-order valence-corrected chi connectivity index (χ2v) is 6.56. The van der Waals surface area contributed by atoms with Crippen molar-refractivity contribution in [3.8, 4) is 0 Å². The van der Waals surface area contributed by atoms with Crippen molar-refractivity contribution in [3.05, 3.63) is 35.1 Å². The molecule has 0 fully saturated rings. The fourth-order valence-corrected chi connectivity index (χ4v) is 2.88. The Kier molecular flexibility index (Phi) is 4.45. The lowest BCUT2D eigenvalue weighted by atomic mass is 10.1. The summed E-state index contributed by atoms with van der Waals surface area (Å²) in [5, 5.41) is 8.20. The van der Waals surface area contributed by atoms with Crippen LogP contribution in [-0.4, -0.2) is 24.7 Å². The Morgan fingerprint density at radius 3 is 2.56 bits per heavy atom. The number of sulfone groups is 1. The summed E-state index contributed by atoms with van der Waals surface area (Å²) in [5.41, 5.74) is -0.221. The molecule has 0 bridgehead atoms. The first-order valence-electron chi connectivity index (χ1n) is 5.51. The summed E-state index contributed by atoms with van der Waals surface area (Å²) in [6.07, 6.45) is 0.433. The van der Waals surface area contributed by atoms with E-state index in [2.05, 4.69) is 0 Å². The van der Waals surface area contributed by atoms with Gasteiger partial charge in [-0.3, -0.25) is 0 Å². The summed E-state index contributed by atoms with van der Waals surface area (Å²) >= 11 is 0. The smallest absolute Gasteiger partial charge is 0.335 e. The van der Waals surface area contributed by atoms with Gasteiger partial charge in [-0.05, 0) is 31.5 Å². The molecule has 0 spiro atoms. The van der Waals surface area contributed by atoms with Gasteiger partial charge < -0.3 is 5.11 Å². The summed E-state index contributed by atoms with van der Waals surface area (Å²) in [6, 6.07) is 3.15. The maximum absolute atomic E-state index is 13.5. The maximum Gasteiger partial charge on any atom is 0.335 e. The number of halogens is 1. The molecule has 1 aromatic carbocycles. The molecule has 1 aromatic rings. The van der Waals surface area contributed by atoms with Crippen LogP contribution in [0.1, 0.15) is 36.2 Å². The minimum Gasteiger partial charge on any atom is -0.478 e. The Balaban J connectivity index is 3.11. The van der Waals surface area contributed by atoms with Crippen molar-refractivity contribution < 1.29 is 22.7 Å². The van der Waals surface area contributed by atoms with Crippen LogP contribution in [0.3, 0.4) is 0 Å². The van der Waals surface area contributed by atoms with Gasteiger partial charge in [0.1, 0.15) is 5.82 Å². The Hall–Kier alpha value is -1.43. The standard InChI is InChI=1S/C12H15FO4S/c1-3-8(2)18(16,17)7-10-6-9(12(14)15)4-5-11(10)13/h4-6,8H,3,7H2,1-2H3,(H,14,15). The van der Waals surface area contributed by atoms with Crippen molar-refractivity contribution >= 4 is 15.8 Å². The molecule has 1 rings (SSSR count). The van der Waals surface area contributed by atoms with E-state index >= 15 is 0 Å². The number of carboxylic acid groups (broad SMARTS) is 1. The monoisotopic (exact) mass is 274 g/mol.